The number of hydrogen-bond acceptors (Lipinski definition) is 1. The van der Waals surface area contributed by atoms with Crippen molar-refractivity contribution in [3.63, 3.8) is 0 Å². The first-order chi connectivity index (χ1) is 8.27. The van der Waals surface area contributed by atoms with Crippen LogP contribution < -0.4 is 0 Å². The summed E-state index contributed by atoms with van der Waals surface area (Å²) in [6.07, 6.45) is 1.32. The third-order valence-corrected chi connectivity index (χ3v) is 3.22. The van der Waals surface area contributed by atoms with E-state index in [0.717, 1.165) is 17.5 Å². The van der Waals surface area contributed by atoms with E-state index >= 15 is 0 Å². The van der Waals surface area contributed by atoms with E-state index in [1.54, 1.807) is 18.2 Å². The summed E-state index contributed by atoms with van der Waals surface area (Å²) in [6, 6.07) is 12.2. The first-order valence-corrected chi connectivity index (χ1v) is 5.67. The van der Waals surface area contributed by atoms with Crippen molar-refractivity contribution in [2.45, 2.75) is 12.8 Å². The molecule has 0 radical (unpaired) electrons. The predicted molar refractivity (Wildman–Crippen MR) is 64.5 cm³/mol. The van der Waals surface area contributed by atoms with Gasteiger partial charge in [0, 0.05) is 17.5 Å². The van der Waals surface area contributed by atoms with Crippen molar-refractivity contribution in [3.05, 3.63) is 59.4 Å². The Kier molecular flexibility index (Phi) is 2.29. The third-order valence-electron chi connectivity index (χ3n) is 3.22. The van der Waals surface area contributed by atoms with Gasteiger partial charge >= 0.3 is 0 Å². The van der Waals surface area contributed by atoms with Gasteiger partial charge in [-0.05, 0) is 23.6 Å². The number of benzene rings is 2. The van der Waals surface area contributed by atoms with Crippen LogP contribution in [0.25, 0.3) is 11.1 Å². The molecule has 84 valence electrons. The average molecular weight is 226 g/mol. The van der Waals surface area contributed by atoms with Crippen LogP contribution in [-0.2, 0) is 6.42 Å². The van der Waals surface area contributed by atoms with Crippen LogP contribution in [0.15, 0.2) is 42.5 Å². The predicted octanol–water partition coefficient (Wildman–Crippen LogP) is 3.62. The first-order valence-electron chi connectivity index (χ1n) is 5.67. The summed E-state index contributed by atoms with van der Waals surface area (Å²) in [5.41, 5.74) is 2.98. The molecule has 2 heteroatoms. The van der Waals surface area contributed by atoms with Gasteiger partial charge in [-0.1, -0.05) is 36.4 Å². The maximum absolute atomic E-state index is 13.8. The van der Waals surface area contributed by atoms with Gasteiger partial charge in [-0.25, -0.2) is 4.39 Å². The van der Waals surface area contributed by atoms with Crippen LogP contribution in [-0.4, -0.2) is 5.78 Å². The molecule has 17 heavy (non-hydrogen) atoms. The summed E-state index contributed by atoms with van der Waals surface area (Å²) < 4.78 is 13.8. The Morgan fingerprint density at radius 2 is 1.65 bits per heavy atom. The summed E-state index contributed by atoms with van der Waals surface area (Å²) in [7, 11) is 0. The van der Waals surface area contributed by atoms with Gasteiger partial charge in [-0.15, -0.1) is 0 Å². The van der Waals surface area contributed by atoms with Crippen molar-refractivity contribution in [1.29, 1.82) is 0 Å². The highest BCUT2D eigenvalue weighted by Crippen LogP contribution is 2.33. The van der Waals surface area contributed by atoms with E-state index in [0.29, 0.717) is 17.5 Å². The van der Waals surface area contributed by atoms with Gasteiger partial charge in [-0.3, -0.25) is 4.79 Å². The van der Waals surface area contributed by atoms with E-state index in [9.17, 15) is 9.18 Å². The lowest BCUT2D eigenvalue weighted by atomic mass is 9.96. The topological polar surface area (TPSA) is 17.1 Å². The lowest BCUT2D eigenvalue weighted by molar-refractivity contribution is 0.0995. The van der Waals surface area contributed by atoms with E-state index in [2.05, 4.69) is 0 Å². The summed E-state index contributed by atoms with van der Waals surface area (Å²) in [6.45, 7) is 0. The molecule has 1 aliphatic carbocycles. The quantitative estimate of drug-likeness (QED) is 0.725. The number of halogens is 1. The molecule has 0 amide bonds. The standard InChI is InChI=1S/C15H11FO/c16-13-7-2-1-5-11(13)12-6-3-4-10-8-9-14(17)15(10)12/h1-7H,8-9H2. The molecule has 2 aromatic carbocycles. The lowest BCUT2D eigenvalue weighted by Gasteiger charge is -2.08. The number of carbonyl (C=O) groups is 1. The van der Waals surface area contributed by atoms with Crippen LogP contribution in [0, 0.1) is 5.82 Å². The van der Waals surface area contributed by atoms with Crippen LogP contribution in [0.2, 0.25) is 0 Å². The van der Waals surface area contributed by atoms with Crippen LogP contribution in [0.4, 0.5) is 4.39 Å². The lowest BCUT2D eigenvalue weighted by Crippen LogP contribution is -1.96. The van der Waals surface area contributed by atoms with Gasteiger partial charge in [0.25, 0.3) is 0 Å². The van der Waals surface area contributed by atoms with Crippen LogP contribution in [0.3, 0.4) is 0 Å². The maximum Gasteiger partial charge on any atom is 0.164 e. The molecule has 0 saturated heterocycles. The van der Waals surface area contributed by atoms with Crippen molar-refractivity contribution in [1.82, 2.24) is 0 Å². The van der Waals surface area contributed by atoms with Gasteiger partial charge in [0.15, 0.2) is 5.78 Å². The highest BCUT2D eigenvalue weighted by Gasteiger charge is 2.23. The van der Waals surface area contributed by atoms with E-state index in [1.807, 2.05) is 18.2 Å². The molecule has 0 heterocycles. The van der Waals surface area contributed by atoms with E-state index in [1.165, 1.54) is 6.07 Å². The second-order valence-electron chi connectivity index (χ2n) is 4.24. The van der Waals surface area contributed by atoms with E-state index < -0.39 is 0 Å². The van der Waals surface area contributed by atoms with E-state index in [4.69, 9.17) is 0 Å². The van der Waals surface area contributed by atoms with Gasteiger partial charge in [0.05, 0.1) is 0 Å². The van der Waals surface area contributed by atoms with Crippen LogP contribution >= 0.6 is 0 Å². The van der Waals surface area contributed by atoms with Crippen molar-refractivity contribution in [3.8, 4) is 11.1 Å². The Bertz CT molecular complexity index is 602. The minimum Gasteiger partial charge on any atom is -0.294 e. The highest BCUT2D eigenvalue weighted by atomic mass is 19.1. The molecule has 0 aliphatic heterocycles. The SMILES string of the molecule is O=C1CCc2cccc(-c3ccccc3F)c21. The molecule has 0 fully saturated rings. The fourth-order valence-electron chi connectivity index (χ4n) is 2.42. The number of aryl methyl sites for hydroxylation is 1. The van der Waals surface area contributed by atoms with Crippen molar-refractivity contribution in [2.24, 2.45) is 0 Å². The molecule has 0 unspecified atom stereocenters. The van der Waals surface area contributed by atoms with E-state index in [-0.39, 0.29) is 11.6 Å². The zero-order valence-corrected chi connectivity index (χ0v) is 9.24. The fraction of sp³-hybridized carbons (Fsp3) is 0.133. The summed E-state index contributed by atoms with van der Waals surface area (Å²) in [4.78, 5) is 11.8. The Labute approximate surface area is 98.9 Å². The Balaban J connectivity index is 2.27. The van der Waals surface area contributed by atoms with Crippen LogP contribution in [0.5, 0.6) is 0 Å². The van der Waals surface area contributed by atoms with Gasteiger partial charge in [-0.2, -0.15) is 0 Å². The number of rotatable bonds is 1. The number of Topliss-reactive ketones (excluding diaryl/α,β-unsaturated/α-hetero) is 1. The number of carbonyl (C=O) groups excluding carboxylic acids is 1. The number of hydrogen-bond donors (Lipinski definition) is 0. The monoisotopic (exact) mass is 226 g/mol. The summed E-state index contributed by atoms with van der Waals surface area (Å²) in [5, 5.41) is 0. The maximum atomic E-state index is 13.8. The molecule has 0 spiro atoms. The van der Waals surface area contributed by atoms with Gasteiger partial charge in [0.2, 0.25) is 0 Å². The van der Waals surface area contributed by atoms with Gasteiger partial charge in [0.1, 0.15) is 5.82 Å². The van der Waals surface area contributed by atoms with Gasteiger partial charge < -0.3 is 0 Å². The van der Waals surface area contributed by atoms with Crippen molar-refractivity contribution in [2.75, 3.05) is 0 Å². The molecule has 0 atom stereocenters. The average Bonchev–Trinajstić information content (AvgIpc) is 2.72. The number of ketones is 1. The molecule has 0 N–H and O–H groups in total. The molecule has 3 rings (SSSR count). The zero-order valence-electron chi connectivity index (χ0n) is 9.24. The Morgan fingerprint density at radius 1 is 0.882 bits per heavy atom. The van der Waals surface area contributed by atoms with Crippen LogP contribution in [0.1, 0.15) is 22.3 Å². The Hall–Kier alpha value is -1.96. The minimum atomic E-state index is -0.277. The summed E-state index contributed by atoms with van der Waals surface area (Å²) >= 11 is 0. The third kappa shape index (κ3) is 1.57. The van der Waals surface area contributed by atoms with Crippen molar-refractivity contribution < 1.29 is 9.18 Å². The molecule has 1 aliphatic rings. The molecular formula is C15H11FO. The fourth-order valence-corrected chi connectivity index (χ4v) is 2.42. The molecule has 0 aromatic heterocycles. The molecular weight excluding hydrogens is 215 g/mol. The zero-order chi connectivity index (χ0) is 11.8. The second-order valence-corrected chi connectivity index (χ2v) is 4.24. The molecule has 1 nitrogen and oxygen atoms in total. The molecule has 0 bridgehead atoms. The highest BCUT2D eigenvalue weighted by molar-refractivity contribution is 6.06. The minimum absolute atomic E-state index is 0.124. The normalized spacial score (nSPS) is 13.8. The summed E-state index contributed by atoms with van der Waals surface area (Å²) in [5.74, 6) is -0.153. The molecule has 0 saturated carbocycles. The molecule has 2 aromatic rings. The second kappa shape index (κ2) is 3.81. The Morgan fingerprint density at radius 3 is 2.47 bits per heavy atom. The largest absolute Gasteiger partial charge is 0.294 e. The first kappa shape index (κ1) is 10.2. The van der Waals surface area contributed by atoms with Crippen molar-refractivity contribution >= 4 is 5.78 Å². The smallest absolute Gasteiger partial charge is 0.164 e. The number of fused-ring (bicyclic) bond motifs is 1.